The molecule has 19 heavy (non-hydrogen) atoms. The second-order valence-electron chi connectivity index (χ2n) is 3.89. The van der Waals surface area contributed by atoms with Crippen LogP contribution in [0.1, 0.15) is 18.4 Å². The third kappa shape index (κ3) is 3.98. The average Bonchev–Trinajstić information content (AvgIpc) is 2.44. The first-order chi connectivity index (χ1) is 9.15. The van der Waals surface area contributed by atoms with Crippen molar-refractivity contribution in [1.82, 2.24) is 0 Å². The van der Waals surface area contributed by atoms with E-state index in [2.05, 4.69) is 0 Å². The lowest BCUT2D eigenvalue weighted by Crippen LogP contribution is -2.02. The molecular weight excluding hydrogens is 248 g/mol. The maximum absolute atomic E-state index is 11.3. The SMILES string of the molecule is COc1cc(CCC(=O)C[C]=O)cc(OC)c1OC. The number of methoxy groups -OCH3 is 3. The van der Waals surface area contributed by atoms with Gasteiger partial charge in [0.25, 0.3) is 0 Å². The van der Waals surface area contributed by atoms with Crippen molar-refractivity contribution >= 4 is 12.1 Å². The standard InChI is InChI=1S/C14H17O5/c1-17-12-8-10(4-5-11(16)6-7-15)9-13(18-2)14(12)19-3/h8-9H,4-6H2,1-3H3. The van der Waals surface area contributed by atoms with Crippen molar-refractivity contribution in [3.05, 3.63) is 17.7 Å². The smallest absolute Gasteiger partial charge is 0.206 e. The van der Waals surface area contributed by atoms with Crippen LogP contribution >= 0.6 is 0 Å². The predicted molar refractivity (Wildman–Crippen MR) is 69.7 cm³/mol. The van der Waals surface area contributed by atoms with Crippen LogP contribution in [0.15, 0.2) is 12.1 Å². The Bertz CT molecular complexity index is 428. The third-order valence-electron chi connectivity index (χ3n) is 2.69. The van der Waals surface area contributed by atoms with Gasteiger partial charge in [-0.1, -0.05) is 0 Å². The third-order valence-corrected chi connectivity index (χ3v) is 2.69. The highest BCUT2D eigenvalue weighted by Gasteiger charge is 2.13. The van der Waals surface area contributed by atoms with Crippen LogP contribution in [0, 0.1) is 0 Å². The largest absolute Gasteiger partial charge is 0.493 e. The molecular formula is C14H17O5. The second-order valence-corrected chi connectivity index (χ2v) is 3.89. The first kappa shape index (κ1) is 15.0. The predicted octanol–water partition coefficient (Wildman–Crippen LogP) is 1.71. The normalized spacial score (nSPS) is 9.84. The fraction of sp³-hybridized carbons (Fsp3) is 0.429. The van der Waals surface area contributed by atoms with Crippen molar-refractivity contribution in [3.63, 3.8) is 0 Å². The van der Waals surface area contributed by atoms with E-state index in [1.165, 1.54) is 21.3 Å². The Hall–Kier alpha value is -2.04. The van der Waals surface area contributed by atoms with Crippen molar-refractivity contribution in [2.45, 2.75) is 19.3 Å². The van der Waals surface area contributed by atoms with E-state index in [1.807, 2.05) is 0 Å². The summed E-state index contributed by atoms with van der Waals surface area (Å²) in [5.74, 6) is 1.47. The van der Waals surface area contributed by atoms with E-state index in [0.717, 1.165) is 5.56 Å². The lowest BCUT2D eigenvalue weighted by molar-refractivity contribution is -0.117. The minimum Gasteiger partial charge on any atom is -0.493 e. The zero-order chi connectivity index (χ0) is 14.3. The van der Waals surface area contributed by atoms with Crippen LogP contribution in [0.4, 0.5) is 0 Å². The van der Waals surface area contributed by atoms with E-state index in [0.29, 0.717) is 23.7 Å². The highest BCUT2D eigenvalue weighted by Crippen LogP contribution is 2.38. The highest BCUT2D eigenvalue weighted by atomic mass is 16.5. The lowest BCUT2D eigenvalue weighted by Gasteiger charge is -2.13. The van der Waals surface area contributed by atoms with Gasteiger partial charge < -0.3 is 14.2 Å². The second kappa shape index (κ2) is 7.41. The molecule has 0 aromatic heterocycles. The lowest BCUT2D eigenvalue weighted by atomic mass is 10.1. The number of carbonyl (C=O) groups is 1. The van der Waals surface area contributed by atoms with Gasteiger partial charge in [0.1, 0.15) is 5.78 Å². The van der Waals surface area contributed by atoms with Crippen molar-refractivity contribution in [2.24, 2.45) is 0 Å². The van der Waals surface area contributed by atoms with E-state index in [-0.39, 0.29) is 18.6 Å². The quantitative estimate of drug-likeness (QED) is 0.670. The summed E-state index contributed by atoms with van der Waals surface area (Å²) in [4.78, 5) is 21.4. The van der Waals surface area contributed by atoms with Crippen LogP contribution in [0.5, 0.6) is 17.2 Å². The molecule has 0 aliphatic heterocycles. The summed E-state index contributed by atoms with van der Waals surface area (Å²) in [6, 6.07) is 3.58. The Morgan fingerprint density at radius 1 is 1.11 bits per heavy atom. The Morgan fingerprint density at radius 2 is 1.68 bits per heavy atom. The maximum Gasteiger partial charge on any atom is 0.206 e. The molecule has 103 valence electrons. The van der Waals surface area contributed by atoms with Crippen molar-refractivity contribution in [2.75, 3.05) is 21.3 Å². The van der Waals surface area contributed by atoms with E-state index >= 15 is 0 Å². The van der Waals surface area contributed by atoms with Gasteiger partial charge in [0.2, 0.25) is 12.0 Å². The Labute approximate surface area is 112 Å². The van der Waals surface area contributed by atoms with Crippen LogP contribution in [0.2, 0.25) is 0 Å². The number of hydrogen-bond donors (Lipinski definition) is 0. The molecule has 1 rings (SSSR count). The maximum atomic E-state index is 11.3. The van der Waals surface area contributed by atoms with Crippen LogP contribution in [0.3, 0.4) is 0 Å². The molecule has 0 spiro atoms. The molecule has 5 nitrogen and oxygen atoms in total. The van der Waals surface area contributed by atoms with E-state index in [1.54, 1.807) is 18.4 Å². The zero-order valence-corrected chi connectivity index (χ0v) is 11.3. The summed E-state index contributed by atoms with van der Waals surface area (Å²) in [5, 5.41) is 0. The Balaban J connectivity index is 2.90. The minimum absolute atomic E-state index is 0.135. The topological polar surface area (TPSA) is 61.8 Å². The molecule has 1 aromatic rings. The molecule has 1 radical (unpaired) electrons. The molecule has 0 saturated carbocycles. The number of hydrogen-bond acceptors (Lipinski definition) is 5. The highest BCUT2D eigenvalue weighted by molar-refractivity contribution is 5.90. The summed E-state index contributed by atoms with van der Waals surface area (Å²) in [5.41, 5.74) is 0.883. The first-order valence-corrected chi connectivity index (χ1v) is 5.81. The summed E-state index contributed by atoms with van der Waals surface area (Å²) in [7, 11) is 4.60. The van der Waals surface area contributed by atoms with E-state index in [4.69, 9.17) is 14.2 Å². The Morgan fingerprint density at radius 3 is 2.11 bits per heavy atom. The van der Waals surface area contributed by atoms with Crippen LogP contribution in [-0.2, 0) is 16.0 Å². The van der Waals surface area contributed by atoms with Gasteiger partial charge in [0, 0.05) is 6.42 Å². The van der Waals surface area contributed by atoms with Crippen molar-refractivity contribution in [3.8, 4) is 17.2 Å². The monoisotopic (exact) mass is 265 g/mol. The van der Waals surface area contributed by atoms with Gasteiger partial charge in [-0.2, -0.15) is 0 Å². The summed E-state index contributed by atoms with van der Waals surface area (Å²) < 4.78 is 15.7. The number of benzene rings is 1. The van der Waals surface area contributed by atoms with Gasteiger partial charge >= 0.3 is 0 Å². The van der Waals surface area contributed by atoms with Gasteiger partial charge in [0.05, 0.1) is 27.8 Å². The van der Waals surface area contributed by atoms with Gasteiger partial charge in [-0.05, 0) is 24.1 Å². The number of carbonyl (C=O) groups excluding carboxylic acids is 2. The molecule has 1 aromatic carbocycles. The molecule has 0 fully saturated rings. The average molecular weight is 265 g/mol. The molecule has 0 saturated heterocycles. The van der Waals surface area contributed by atoms with Crippen LogP contribution < -0.4 is 14.2 Å². The molecule has 0 amide bonds. The summed E-state index contributed by atoms with van der Waals surface area (Å²) in [6.45, 7) is 0. The van der Waals surface area contributed by atoms with Gasteiger partial charge in [-0.3, -0.25) is 9.59 Å². The molecule has 0 aliphatic rings. The number of ketones is 1. The van der Waals surface area contributed by atoms with Gasteiger partial charge in [0.15, 0.2) is 11.5 Å². The fourth-order valence-electron chi connectivity index (χ4n) is 1.73. The summed E-state index contributed by atoms with van der Waals surface area (Å²) in [6.07, 6.45) is 2.23. The Kier molecular flexibility index (Phi) is 5.85. The number of rotatable bonds is 8. The van der Waals surface area contributed by atoms with E-state index in [9.17, 15) is 9.59 Å². The number of Topliss-reactive ketones (excluding diaryl/α,β-unsaturated/α-hetero) is 1. The van der Waals surface area contributed by atoms with Crippen LogP contribution in [0.25, 0.3) is 0 Å². The van der Waals surface area contributed by atoms with Crippen LogP contribution in [-0.4, -0.2) is 33.4 Å². The van der Waals surface area contributed by atoms with Crippen molar-refractivity contribution in [1.29, 1.82) is 0 Å². The zero-order valence-electron chi connectivity index (χ0n) is 11.3. The first-order valence-electron chi connectivity index (χ1n) is 5.81. The molecule has 5 heteroatoms. The molecule has 0 aliphatic carbocycles. The molecule has 0 heterocycles. The summed E-state index contributed by atoms with van der Waals surface area (Å²) >= 11 is 0. The fourth-order valence-corrected chi connectivity index (χ4v) is 1.73. The molecule has 0 unspecified atom stereocenters. The minimum atomic E-state index is -0.162. The molecule has 0 N–H and O–H groups in total. The van der Waals surface area contributed by atoms with E-state index < -0.39 is 0 Å². The molecule has 0 bridgehead atoms. The van der Waals surface area contributed by atoms with Gasteiger partial charge in [-0.25, -0.2) is 0 Å². The number of aryl methyl sites for hydroxylation is 1. The van der Waals surface area contributed by atoms with Gasteiger partial charge in [-0.15, -0.1) is 0 Å². The van der Waals surface area contributed by atoms with Crippen molar-refractivity contribution < 1.29 is 23.8 Å². The molecule has 0 atom stereocenters. The number of ether oxygens (including phenoxy) is 3.